The second-order valence-corrected chi connectivity index (χ2v) is 8.13. The Morgan fingerprint density at radius 3 is 2.19 bits per heavy atom. The van der Waals surface area contributed by atoms with Crippen LogP contribution in [-0.4, -0.2) is 25.5 Å². The third-order valence-corrected chi connectivity index (χ3v) is 4.79. The molecule has 32 heavy (non-hydrogen) atoms. The number of rotatable bonds is 10. The van der Waals surface area contributed by atoms with Crippen molar-refractivity contribution in [1.82, 2.24) is 0 Å². The fourth-order valence-corrected chi connectivity index (χ4v) is 3.05. The summed E-state index contributed by atoms with van der Waals surface area (Å²) < 4.78 is 48.9. The van der Waals surface area contributed by atoms with Gasteiger partial charge in [-0.15, -0.1) is 0 Å². The van der Waals surface area contributed by atoms with Gasteiger partial charge >= 0.3 is 6.18 Å². The summed E-state index contributed by atoms with van der Waals surface area (Å²) in [5, 5.41) is 4.44. The van der Waals surface area contributed by atoms with Crippen molar-refractivity contribution in [3.05, 3.63) is 68.1 Å². The van der Waals surface area contributed by atoms with Gasteiger partial charge in [-0.1, -0.05) is 63.7 Å². The lowest BCUT2D eigenvalue weighted by Gasteiger charge is -2.12. The summed E-state index contributed by atoms with van der Waals surface area (Å²) in [6.45, 7) is 2.26. The van der Waals surface area contributed by atoms with Gasteiger partial charge in [-0.25, -0.2) is 0 Å². The molecule has 0 atom stereocenters. The van der Waals surface area contributed by atoms with E-state index in [-0.39, 0.29) is 34.4 Å². The van der Waals surface area contributed by atoms with E-state index in [1.165, 1.54) is 18.2 Å². The molecule has 174 valence electrons. The Bertz CT molecular complexity index is 937. The van der Waals surface area contributed by atoms with E-state index in [0.717, 1.165) is 12.1 Å². The molecule has 0 fully saturated rings. The number of oxime groups is 1. The van der Waals surface area contributed by atoms with Gasteiger partial charge in [-0.05, 0) is 30.7 Å². The van der Waals surface area contributed by atoms with E-state index < -0.39 is 11.7 Å². The Morgan fingerprint density at radius 2 is 1.62 bits per heavy atom. The van der Waals surface area contributed by atoms with Crippen molar-refractivity contribution < 1.29 is 27.5 Å². The molecule has 0 saturated heterocycles. The van der Waals surface area contributed by atoms with E-state index >= 15 is 0 Å². The highest BCUT2D eigenvalue weighted by Gasteiger charge is 2.30. The summed E-state index contributed by atoms with van der Waals surface area (Å²) in [6, 6.07) is 7.77. The van der Waals surface area contributed by atoms with Gasteiger partial charge in [-0.2, -0.15) is 13.2 Å². The van der Waals surface area contributed by atoms with Crippen LogP contribution in [0.1, 0.15) is 24.5 Å². The van der Waals surface area contributed by atoms with Crippen molar-refractivity contribution in [2.75, 3.05) is 19.8 Å². The summed E-state index contributed by atoms with van der Waals surface area (Å²) >= 11 is 23.4. The molecule has 0 aliphatic rings. The fraction of sp³-hybridized carbons (Fsp3) is 0.286. The van der Waals surface area contributed by atoms with E-state index in [2.05, 4.69) is 5.16 Å². The maximum absolute atomic E-state index is 12.6. The van der Waals surface area contributed by atoms with Gasteiger partial charge in [0.25, 0.3) is 0 Å². The number of hydrogen-bond acceptors (Lipinski definition) is 4. The molecule has 0 N–H and O–H groups in total. The van der Waals surface area contributed by atoms with Crippen LogP contribution < -0.4 is 9.47 Å². The van der Waals surface area contributed by atoms with Gasteiger partial charge in [0.2, 0.25) is 0 Å². The number of benzene rings is 2. The van der Waals surface area contributed by atoms with Gasteiger partial charge in [0, 0.05) is 18.6 Å². The molecular formula is C21H18Cl4F3NO3. The highest BCUT2D eigenvalue weighted by atomic mass is 35.5. The maximum atomic E-state index is 12.6. The normalized spacial score (nSPS) is 11.8. The SMILES string of the molecule is CC(=NOCCCOc1c(Cl)cc(OCC=C(Cl)Cl)cc1Cl)c1ccc(C(F)(F)F)cc1. The van der Waals surface area contributed by atoms with Crippen molar-refractivity contribution in [2.45, 2.75) is 19.5 Å². The molecule has 0 unspecified atom stereocenters. The van der Waals surface area contributed by atoms with Crippen LogP contribution >= 0.6 is 46.4 Å². The highest BCUT2D eigenvalue weighted by Crippen LogP contribution is 2.37. The summed E-state index contributed by atoms with van der Waals surface area (Å²) in [4.78, 5) is 5.20. The van der Waals surface area contributed by atoms with Gasteiger partial charge in [0.1, 0.15) is 23.5 Å². The standard InChI is InChI=1S/C21H18Cl4F3NO3/c1-13(14-3-5-15(6-4-14)21(26,27)28)29-32-9-2-8-31-20-17(22)11-16(12-18(20)23)30-10-7-19(24)25/h3-7,11-12H,2,8-10H2,1H3. The van der Waals surface area contributed by atoms with Crippen LogP contribution in [0, 0.1) is 0 Å². The second-order valence-electron chi connectivity index (χ2n) is 6.31. The van der Waals surface area contributed by atoms with Gasteiger partial charge in [-0.3, -0.25) is 0 Å². The Labute approximate surface area is 203 Å². The lowest BCUT2D eigenvalue weighted by Crippen LogP contribution is -2.06. The molecular weight excluding hydrogens is 513 g/mol. The first kappa shape index (κ1) is 26.5. The smallest absolute Gasteiger partial charge is 0.416 e. The monoisotopic (exact) mass is 529 g/mol. The fourth-order valence-electron chi connectivity index (χ4n) is 2.35. The third kappa shape index (κ3) is 8.62. The summed E-state index contributed by atoms with van der Waals surface area (Å²) in [7, 11) is 0. The predicted molar refractivity (Wildman–Crippen MR) is 121 cm³/mol. The topological polar surface area (TPSA) is 40.0 Å². The zero-order chi connectivity index (χ0) is 23.7. The van der Waals surface area contributed by atoms with E-state index in [1.54, 1.807) is 19.1 Å². The van der Waals surface area contributed by atoms with E-state index in [0.29, 0.717) is 29.2 Å². The zero-order valence-corrected chi connectivity index (χ0v) is 19.7. The largest absolute Gasteiger partial charge is 0.490 e. The first-order valence-electron chi connectivity index (χ1n) is 9.18. The molecule has 0 aliphatic heterocycles. The summed E-state index contributed by atoms with van der Waals surface area (Å²) in [5.74, 6) is 0.727. The Hall–Kier alpha value is -1.80. The zero-order valence-electron chi connectivity index (χ0n) is 16.7. The lowest BCUT2D eigenvalue weighted by molar-refractivity contribution is -0.137. The Morgan fingerprint density at radius 1 is 1.00 bits per heavy atom. The third-order valence-electron chi connectivity index (χ3n) is 3.92. The number of hydrogen-bond donors (Lipinski definition) is 0. The van der Waals surface area contributed by atoms with Crippen molar-refractivity contribution in [2.24, 2.45) is 5.16 Å². The van der Waals surface area contributed by atoms with Gasteiger partial charge in [0.05, 0.1) is 27.9 Å². The van der Waals surface area contributed by atoms with E-state index in [4.69, 9.17) is 60.7 Å². The molecule has 0 heterocycles. The molecule has 0 amide bonds. The summed E-state index contributed by atoms with van der Waals surface area (Å²) in [5.41, 5.74) is 0.256. The second kappa shape index (κ2) is 12.4. The molecule has 4 nitrogen and oxygen atoms in total. The van der Waals surface area contributed by atoms with E-state index in [9.17, 15) is 13.2 Å². The summed E-state index contributed by atoms with van der Waals surface area (Å²) in [6.07, 6.45) is -2.44. The Balaban J connectivity index is 1.79. The minimum absolute atomic E-state index is 0.0863. The predicted octanol–water partition coefficient (Wildman–Crippen LogP) is 7.92. The van der Waals surface area contributed by atoms with Gasteiger partial charge in [0.15, 0.2) is 5.75 Å². The number of alkyl halides is 3. The molecule has 0 saturated carbocycles. The quantitative estimate of drug-likeness (QED) is 0.178. The van der Waals surface area contributed by atoms with Crippen LogP contribution in [0.2, 0.25) is 10.0 Å². The van der Waals surface area contributed by atoms with Gasteiger partial charge < -0.3 is 14.3 Å². The lowest BCUT2D eigenvalue weighted by atomic mass is 10.1. The molecule has 0 bridgehead atoms. The number of nitrogens with zero attached hydrogens (tertiary/aromatic N) is 1. The number of halogens is 7. The first-order chi connectivity index (χ1) is 15.1. The molecule has 0 aromatic heterocycles. The van der Waals surface area contributed by atoms with Crippen molar-refractivity contribution in [1.29, 1.82) is 0 Å². The maximum Gasteiger partial charge on any atom is 0.416 e. The van der Waals surface area contributed by atoms with Crippen LogP contribution in [0.5, 0.6) is 11.5 Å². The first-order valence-corrected chi connectivity index (χ1v) is 10.7. The molecule has 2 aromatic carbocycles. The molecule has 11 heteroatoms. The van der Waals surface area contributed by atoms with Crippen LogP contribution in [0.15, 0.2) is 52.1 Å². The van der Waals surface area contributed by atoms with Crippen molar-refractivity contribution in [3.8, 4) is 11.5 Å². The van der Waals surface area contributed by atoms with Crippen LogP contribution in [0.3, 0.4) is 0 Å². The van der Waals surface area contributed by atoms with Crippen molar-refractivity contribution >= 4 is 52.1 Å². The van der Waals surface area contributed by atoms with E-state index in [1.807, 2.05) is 0 Å². The molecule has 0 spiro atoms. The minimum atomic E-state index is -4.38. The average molecular weight is 531 g/mol. The Kier molecular flexibility index (Phi) is 10.3. The molecule has 0 aliphatic carbocycles. The molecule has 2 aromatic rings. The highest BCUT2D eigenvalue weighted by molar-refractivity contribution is 6.55. The average Bonchev–Trinajstić information content (AvgIpc) is 2.71. The minimum Gasteiger partial charge on any atom is -0.490 e. The van der Waals surface area contributed by atoms with Crippen LogP contribution in [0.4, 0.5) is 13.2 Å². The molecule has 0 radical (unpaired) electrons. The van der Waals surface area contributed by atoms with Crippen LogP contribution in [0.25, 0.3) is 0 Å². The van der Waals surface area contributed by atoms with Crippen molar-refractivity contribution in [3.63, 3.8) is 0 Å². The molecule has 2 rings (SSSR count). The van der Waals surface area contributed by atoms with Crippen LogP contribution in [-0.2, 0) is 11.0 Å². The number of ether oxygens (including phenoxy) is 2.